The van der Waals surface area contributed by atoms with Crippen LogP contribution in [0.25, 0.3) is 0 Å². The van der Waals surface area contributed by atoms with Gasteiger partial charge in [-0.3, -0.25) is 0 Å². The average Bonchev–Trinajstić information content (AvgIpc) is 2.98. The highest BCUT2D eigenvalue weighted by Gasteiger charge is 2.66. The lowest BCUT2D eigenvalue weighted by atomic mass is 9.42. The molecule has 0 bridgehead atoms. The molecule has 0 heterocycles. The average molecular weight is 455 g/mol. The van der Waals surface area contributed by atoms with Gasteiger partial charge < -0.3 is 5.11 Å². The molecule has 1 nitrogen and oxygen atoms in total. The second kappa shape index (κ2) is 8.83. The van der Waals surface area contributed by atoms with Crippen LogP contribution in [0.2, 0.25) is 0 Å². The standard InChI is InChI=1S/C32H54O/c1-10-24(20(2)3)12-11-21(4)28-19-22(5)32(9)27-14-13-25-23(6)29(33)16-17-30(25,7)26(27)15-18-31(28,32)8/h10,14,20-23,25-26,28-29,33H,11-13,15-19H2,1-9H3. The Bertz CT molecular complexity index is 790. The van der Waals surface area contributed by atoms with Gasteiger partial charge in [-0.1, -0.05) is 78.7 Å². The minimum Gasteiger partial charge on any atom is -0.393 e. The first kappa shape index (κ1) is 25.5. The third-order valence-electron chi connectivity index (χ3n) is 12.7. The van der Waals surface area contributed by atoms with E-state index in [0.717, 1.165) is 30.1 Å². The Balaban J connectivity index is 1.62. The molecule has 4 rings (SSSR count). The number of hydrogen-bond donors (Lipinski definition) is 1. The van der Waals surface area contributed by atoms with Gasteiger partial charge in [0.15, 0.2) is 0 Å². The first-order valence-corrected chi connectivity index (χ1v) is 14.5. The van der Waals surface area contributed by atoms with E-state index in [0.29, 0.717) is 34.0 Å². The zero-order valence-electron chi connectivity index (χ0n) is 23.4. The van der Waals surface area contributed by atoms with Crippen molar-refractivity contribution in [2.24, 2.45) is 57.7 Å². The van der Waals surface area contributed by atoms with Crippen molar-refractivity contribution in [1.82, 2.24) is 0 Å². The molecule has 33 heavy (non-hydrogen) atoms. The van der Waals surface area contributed by atoms with Crippen LogP contribution in [0, 0.1) is 57.7 Å². The van der Waals surface area contributed by atoms with Crippen LogP contribution in [-0.2, 0) is 0 Å². The fourth-order valence-electron chi connectivity index (χ4n) is 10.1. The molecular weight excluding hydrogens is 400 g/mol. The van der Waals surface area contributed by atoms with Gasteiger partial charge in [-0.25, -0.2) is 0 Å². The van der Waals surface area contributed by atoms with E-state index in [4.69, 9.17) is 0 Å². The van der Waals surface area contributed by atoms with Crippen LogP contribution < -0.4 is 0 Å². The highest BCUT2D eigenvalue weighted by Crippen LogP contribution is 2.74. The molecule has 1 heteroatoms. The zero-order valence-corrected chi connectivity index (χ0v) is 23.4. The number of aliphatic hydroxyl groups excluding tert-OH is 1. The van der Waals surface area contributed by atoms with E-state index >= 15 is 0 Å². The van der Waals surface area contributed by atoms with Crippen molar-refractivity contribution in [1.29, 1.82) is 0 Å². The molecule has 0 aliphatic heterocycles. The number of allylic oxidation sites excluding steroid dienone is 4. The fraction of sp³-hybridized carbons (Fsp3) is 0.875. The van der Waals surface area contributed by atoms with Gasteiger partial charge in [-0.2, -0.15) is 0 Å². The Hall–Kier alpha value is -0.560. The summed E-state index contributed by atoms with van der Waals surface area (Å²) in [6.45, 7) is 22.4. The van der Waals surface area contributed by atoms with E-state index in [2.05, 4.69) is 74.5 Å². The molecule has 10 unspecified atom stereocenters. The van der Waals surface area contributed by atoms with Gasteiger partial charge in [0.25, 0.3) is 0 Å². The Kier molecular flexibility index (Phi) is 6.83. The smallest absolute Gasteiger partial charge is 0.0568 e. The van der Waals surface area contributed by atoms with Gasteiger partial charge in [-0.15, -0.1) is 0 Å². The zero-order chi connectivity index (χ0) is 24.3. The van der Waals surface area contributed by atoms with E-state index in [1.807, 2.05) is 5.57 Å². The molecule has 3 fully saturated rings. The van der Waals surface area contributed by atoms with Crippen molar-refractivity contribution in [3.63, 3.8) is 0 Å². The van der Waals surface area contributed by atoms with Crippen molar-refractivity contribution in [3.8, 4) is 0 Å². The van der Waals surface area contributed by atoms with E-state index in [1.165, 1.54) is 44.9 Å². The third kappa shape index (κ3) is 3.65. The Morgan fingerprint density at radius 1 is 1.12 bits per heavy atom. The van der Waals surface area contributed by atoms with Crippen LogP contribution >= 0.6 is 0 Å². The topological polar surface area (TPSA) is 20.2 Å². The summed E-state index contributed by atoms with van der Waals surface area (Å²) < 4.78 is 0. The summed E-state index contributed by atoms with van der Waals surface area (Å²) >= 11 is 0. The van der Waals surface area contributed by atoms with Crippen LogP contribution in [-0.4, -0.2) is 11.2 Å². The number of aliphatic hydroxyl groups is 1. The van der Waals surface area contributed by atoms with Crippen molar-refractivity contribution in [2.75, 3.05) is 0 Å². The minimum absolute atomic E-state index is 0.0917. The largest absolute Gasteiger partial charge is 0.393 e. The molecule has 0 spiro atoms. The van der Waals surface area contributed by atoms with Crippen LogP contribution in [0.4, 0.5) is 0 Å². The number of fused-ring (bicyclic) bond motifs is 5. The van der Waals surface area contributed by atoms with Gasteiger partial charge in [0.1, 0.15) is 0 Å². The van der Waals surface area contributed by atoms with Gasteiger partial charge in [0.2, 0.25) is 0 Å². The number of rotatable bonds is 5. The Morgan fingerprint density at radius 2 is 1.82 bits per heavy atom. The highest BCUT2D eigenvalue weighted by atomic mass is 16.3. The molecule has 0 aromatic rings. The van der Waals surface area contributed by atoms with E-state index in [-0.39, 0.29) is 6.10 Å². The van der Waals surface area contributed by atoms with Crippen molar-refractivity contribution >= 4 is 0 Å². The van der Waals surface area contributed by atoms with Crippen LogP contribution in [0.3, 0.4) is 0 Å². The van der Waals surface area contributed by atoms with Gasteiger partial charge >= 0.3 is 0 Å². The van der Waals surface area contributed by atoms with Gasteiger partial charge in [0, 0.05) is 0 Å². The normalized spacial score (nSPS) is 48.7. The predicted octanol–water partition coefficient (Wildman–Crippen LogP) is 8.83. The molecule has 0 radical (unpaired) electrons. The molecule has 0 aromatic carbocycles. The van der Waals surface area contributed by atoms with Crippen molar-refractivity contribution < 1.29 is 5.11 Å². The fourth-order valence-corrected chi connectivity index (χ4v) is 10.1. The lowest BCUT2D eigenvalue weighted by Crippen LogP contribution is -2.56. The SMILES string of the molecule is CC=C(CCC(C)C1CC(C)C2(C)C3=CCC4C(C)C(O)CCC4(C)C3CCC12C)C(C)C. The monoisotopic (exact) mass is 454 g/mol. The molecule has 0 amide bonds. The predicted molar refractivity (Wildman–Crippen MR) is 142 cm³/mol. The van der Waals surface area contributed by atoms with Crippen LogP contribution in [0.1, 0.15) is 114 Å². The van der Waals surface area contributed by atoms with Gasteiger partial charge in [0.05, 0.1) is 6.10 Å². The highest BCUT2D eigenvalue weighted by molar-refractivity contribution is 5.34. The molecule has 0 saturated heterocycles. The maximum absolute atomic E-state index is 10.6. The molecule has 10 atom stereocenters. The molecule has 188 valence electrons. The molecule has 1 N–H and O–H groups in total. The molecule has 3 saturated carbocycles. The minimum atomic E-state index is -0.0917. The summed E-state index contributed by atoms with van der Waals surface area (Å²) in [6.07, 6.45) is 15.2. The van der Waals surface area contributed by atoms with E-state index in [9.17, 15) is 5.11 Å². The summed E-state index contributed by atoms with van der Waals surface area (Å²) in [5.74, 6) is 4.91. The molecule has 4 aliphatic rings. The second-order valence-corrected chi connectivity index (χ2v) is 14.0. The van der Waals surface area contributed by atoms with Crippen LogP contribution in [0.5, 0.6) is 0 Å². The number of hydrogen-bond acceptors (Lipinski definition) is 1. The summed E-state index contributed by atoms with van der Waals surface area (Å²) in [5.41, 5.74) is 4.63. The van der Waals surface area contributed by atoms with E-state index in [1.54, 1.807) is 5.57 Å². The lowest BCUT2D eigenvalue weighted by molar-refractivity contribution is -0.0935. The maximum Gasteiger partial charge on any atom is 0.0568 e. The summed E-state index contributed by atoms with van der Waals surface area (Å²) in [5, 5.41) is 10.6. The second-order valence-electron chi connectivity index (χ2n) is 14.0. The lowest BCUT2D eigenvalue weighted by Gasteiger charge is -2.63. The van der Waals surface area contributed by atoms with E-state index < -0.39 is 0 Å². The Labute approximate surface area is 205 Å². The van der Waals surface area contributed by atoms with Gasteiger partial charge in [-0.05, 0) is 116 Å². The first-order valence-electron chi connectivity index (χ1n) is 14.5. The van der Waals surface area contributed by atoms with Crippen molar-refractivity contribution in [2.45, 2.75) is 120 Å². The molecule has 4 aliphatic carbocycles. The quantitative estimate of drug-likeness (QED) is 0.411. The summed E-state index contributed by atoms with van der Waals surface area (Å²) in [7, 11) is 0. The Morgan fingerprint density at radius 3 is 2.45 bits per heavy atom. The van der Waals surface area contributed by atoms with Crippen molar-refractivity contribution in [3.05, 3.63) is 23.3 Å². The summed E-state index contributed by atoms with van der Waals surface area (Å²) in [6, 6.07) is 0. The van der Waals surface area contributed by atoms with Crippen LogP contribution in [0.15, 0.2) is 23.3 Å². The molecule has 0 aromatic heterocycles. The third-order valence-corrected chi connectivity index (χ3v) is 12.7. The maximum atomic E-state index is 10.6. The first-order chi connectivity index (χ1) is 15.4. The molecular formula is C32H54O. The summed E-state index contributed by atoms with van der Waals surface area (Å²) in [4.78, 5) is 0.